The lowest BCUT2D eigenvalue weighted by atomic mass is 10.1. The van der Waals surface area contributed by atoms with Gasteiger partial charge in [0.1, 0.15) is 0 Å². The lowest BCUT2D eigenvalue weighted by molar-refractivity contribution is 0.214. The standard InChI is InChI=1S/C15H20N2O/c16-9-10-17(15-3-1-2-4-15)11-13-5-7-14(12-18)8-6-13/h5-8,15,18H,1-4,10-12H2. The molecule has 18 heavy (non-hydrogen) atoms. The van der Waals surface area contributed by atoms with E-state index in [1.807, 2.05) is 24.3 Å². The van der Waals surface area contributed by atoms with Crippen LogP contribution in [0.1, 0.15) is 36.8 Å². The molecule has 1 aliphatic carbocycles. The maximum Gasteiger partial charge on any atom is 0.0871 e. The number of aliphatic hydroxyl groups excluding tert-OH is 1. The minimum atomic E-state index is 0.0881. The maximum absolute atomic E-state index is 9.01. The second kappa shape index (κ2) is 6.53. The first-order valence-corrected chi connectivity index (χ1v) is 6.63. The third-order valence-corrected chi connectivity index (χ3v) is 3.71. The van der Waals surface area contributed by atoms with E-state index < -0.39 is 0 Å². The first-order valence-electron chi connectivity index (χ1n) is 6.63. The Kier molecular flexibility index (Phi) is 4.74. The molecule has 3 heteroatoms. The molecule has 1 aliphatic rings. The predicted molar refractivity (Wildman–Crippen MR) is 70.6 cm³/mol. The highest BCUT2D eigenvalue weighted by Crippen LogP contribution is 2.24. The second-order valence-electron chi connectivity index (χ2n) is 4.98. The number of benzene rings is 1. The molecule has 0 aliphatic heterocycles. The van der Waals surface area contributed by atoms with Crippen LogP contribution in [0.5, 0.6) is 0 Å². The van der Waals surface area contributed by atoms with E-state index in [-0.39, 0.29) is 6.61 Å². The average molecular weight is 244 g/mol. The van der Waals surface area contributed by atoms with Crippen LogP contribution in [0, 0.1) is 11.3 Å². The highest BCUT2D eigenvalue weighted by molar-refractivity contribution is 5.22. The fourth-order valence-electron chi connectivity index (χ4n) is 2.66. The van der Waals surface area contributed by atoms with Gasteiger partial charge in [0, 0.05) is 12.6 Å². The third kappa shape index (κ3) is 3.32. The number of hydrogen-bond donors (Lipinski definition) is 1. The van der Waals surface area contributed by atoms with Gasteiger partial charge in [-0.1, -0.05) is 37.1 Å². The van der Waals surface area contributed by atoms with E-state index in [1.165, 1.54) is 31.2 Å². The van der Waals surface area contributed by atoms with Gasteiger partial charge in [-0.3, -0.25) is 4.90 Å². The summed E-state index contributed by atoms with van der Waals surface area (Å²) in [5.41, 5.74) is 2.15. The molecule has 1 aromatic carbocycles. The van der Waals surface area contributed by atoms with Gasteiger partial charge < -0.3 is 5.11 Å². The van der Waals surface area contributed by atoms with Gasteiger partial charge in [-0.25, -0.2) is 0 Å². The molecule has 1 N–H and O–H groups in total. The van der Waals surface area contributed by atoms with Crippen LogP contribution in [-0.2, 0) is 13.2 Å². The van der Waals surface area contributed by atoms with Gasteiger partial charge in [-0.2, -0.15) is 5.26 Å². The number of nitrogens with zero attached hydrogens (tertiary/aromatic N) is 2. The summed E-state index contributed by atoms with van der Waals surface area (Å²) in [5, 5.41) is 17.9. The van der Waals surface area contributed by atoms with E-state index >= 15 is 0 Å². The molecule has 0 spiro atoms. The minimum absolute atomic E-state index is 0.0881. The zero-order valence-corrected chi connectivity index (χ0v) is 10.7. The lowest BCUT2D eigenvalue weighted by Gasteiger charge is -2.26. The summed E-state index contributed by atoms with van der Waals surface area (Å²) in [7, 11) is 0. The van der Waals surface area contributed by atoms with Crippen LogP contribution in [0.15, 0.2) is 24.3 Å². The quantitative estimate of drug-likeness (QED) is 0.809. The van der Waals surface area contributed by atoms with E-state index in [1.54, 1.807) is 0 Å². The molecule has 0 atom stereocenters. The second-order valence-corrected chi connectivity index (χ2v) is 4.98. The van der Waals surface area contributed by atoms with Crippen LogP contribution in [0.3, 0.4) is 0 Å². The molecule has 0 amide bonds. The van der Waals surface area contributed by atoms with Gasteiger partial charge in [-0.15, -0.1) is 0 Å². The topological polar surface area (TPSA) is 47.3 Å². The van der Waals surface area contributed by atoms with Gasteiger partial charge >= 0.3 is 0 Å². The van der Waals surface area contributed by atoms with Crippen LogP contribution in [0.2, 0.25) is 0 Å². The largest absolute Gasteiger partial charge is 0.392 e. The summed E-state index contributed by atoms with van der Waals surface area (Å²) < 4.78 is 0. The van der Waals surface area contributed by atoms with Crippen molar-refractivity contribution in [3.05, 3.63) is 35.4 Å². The Morgan fingerprint density at radius 2 is 1.78 bits per heavy atom. The summed E-state index contributed by atoms with van der Waals surface area (Å²) in [6.45, 7) is 1.43. The Balaban J connectivity index is 2.00. The Bertz CT molecular complexity index is 401. The fraction of sp³-hybridized carbons (Fsp3) is 0.533. The minimum Gasteiger partial charge on any atom is -0.392 e. The van der Waals surface area contributed by atoms with Gasteiger partial charge in [0.25, 0.3) is 0 Å². The molecule has 2 rings (SSSR count). The van der Waals surface area contributed by atoms with Crippen molar-refractivity contribution in [2.45, 2.75) is 44.9 Å². The van der Waals surface area contributed by atoms with Gasteiger partial charge in [0.2, 0.25) is 0 Å². The highest BCUT2D eigenvalue weighted by atomic mass is 16.3. The van der Waals surface area contributed by atoms with E-state index in [0.29, 0.717) is 12.6 Å². The highest BCUT2D eigenvalue weighted by Gasteiger charge is 2.22. The van der Waals surface area contributed by atoms with Crippen LogP contribution >= 0.6 is 0 Å². The summed E-state index contributed by atoms with van der Waals surface area (Å²) in [6, 6.07) is 10.8. The Morgan fingerprint density at radius 3 is 2.33 bits per heavy atom. The normalized spacial score (nSPS) is 16.1. The van der Waals surface area contributed by atoms with Crippen molar-refractivity contribution >= 4 is 0 Å². The molecule has 0 unspecified atom stereocenters. The summed E-state index contributed by atoms with van der Waals surface area (Å²) in [5.74, 6) is 0. The Morgan fingerprint density at radius 1 is 1.17 bits per heavy atom. The third-order valence-electron chi connectivity index (χ3n) is 3.71. The molecule has 96 valence electrons. The van der Waals surface area contributed by atoms with E-state index in [2.05, 4.69) is 11.0 Å². The zero-order valence-electron chi connectivity index (χ0n) is 10.7. The van der Waals surface area contributed by atoms with Crippen molar-refractivity contribution in [3.8, 4) is 6.07 Å². The number of rotatable bonds is 5. The van der Waals surface area contributed by atoms with Crippen LogP contribution in [0.25, 0.3) is 0 Å². The average Bonchev–Trinajstić information content (AvgIpc) is 2.93. The van der Waals surface area contributed by atoms with Crippen LogP contribution in [-0.4, -0.2) is 22.6 Å². The van der Waals surface area contributed by atoms with Crippen molar-refractivity contribution in [1.29, 1.82) is 5.26 Å². The first-order chi connectivity index (χ1) is 8.83. The van der Waals surface area contributed by atoms with Crippen LogP contribution < -0.4 is 0 Å². The van der Waals surface area contributed by atoms with Crippen molar-refractivity contribution in [3.63, 3.8) is 0 Å². The van der Waals surface area contributed by atoms with Crippen LogP contribution in [0.4, 0.5) is 0 Å². The number of hydrogen-bond acceptors (Lipinski definition) is 3. The molecular formula is C15H20N2O. The zero-order chi connectivity index (χ0) is 12.8. The molecular weight excluding hydrogens is 224 g/mol. The molecule has 0 saturated heterocycles. The Labute approximate surface area is 109 Å². The molecule has 0 radical (unpaired) electrons. The SMILES string of the molecule is N#CCN(Cc1ccc(CO)cc1)C1CCCC1. The van der Waals surface area contributed by atoms with Crippen molar-refractivity contribution in [2.24, 2.45) is 0 Å². The smallest absolute Gasteiger partial charge is 0.0871 e. The fourth-order valence-corrected chi connectivity index (χ4v) is 2.66. The summed E-state index contributed by atoms with van der Waals surface area (Å²) in [4.78, 5) is 2.28. The molecule has 1 fully saturated rings. The van der Waals surface area contributed by atoms with E-state index in [9.17, 15) is 0 Å². The number of aliphatic hydroxyl groups is 1. The van der Waals surface area contributed by atoms with E-state index in [0.717, 1.165) is 12.1 Å². The van der Waals surface area contributed by atoms with Crippen molar-refractivity contribution in [2.75, 3.05) is 6.54 Å². The van der Waals surface area contributed by atoms with Gasteiger partial charge in [0.15, 0.2) is 0 Å². The van der Waals surface area contributed by atoms with Gasteiger partial charge in [0.05, 0.1) is 19.2 Å². The molecule has 0 aromatic heterocycles. The molecule has 1 saturated carbocycles. The van der Waals surface area contributed by atoms with E-state index in [4.69, 9.17) is 10.4 Å². The predicted octanol–water partition coefficient (Wildman–Crippen LogP) is 2.45. The molecule has 0 heterocycles. The first kappa shape index (κ1) is 13.1. The molecule has 0 bridgehead atoms. The Hall–Kier alpha value is -1.37. The van der Waals surface area contributed by atoms with Crippen molar-refractivity contribution < 1.29 is 5.11 Å². The monoisotopic (exact) mass is 244 g/mol. The van der Waals surface area contributed by atoms with Crippen molar-refractivity contribution in [1.82, 2.24) is 4.90 Å². The van der Waals surface area contributed by atoms with Gasteiger partial charge in [-0.05, 0) is 24.0 Å². The molecule has 1 aromatic rings. The molecule has 3 nitrogen and oxygen atoms in total. The number of nitriles is 1. The maximum atomic E-state index is 9.01. The summed E-state index contributed by atoms with van der Waals surface area (Å²) in [6.07, 6.45) is 5.01. The summed E-state index contributed by atoms with van der Waals surface area (Å²) >= 11 is 0. The lowest BCUT2D eigenvalue weighted by Crippen LogP contribution is -2.33.